The van der Waals surface area contributed by atoms with Gasteiger partial charge < -0.3 is 15.5 Å². The lowest BCUT2D eigenvalue weighted by Gasteiger charge is -2.30. The highest BCUT2D eigenvalue weighted by Gasteiger charge is 2.14. The zero-order valence-corrected chi connectivity index (χ0v) is 11.5. The fourth-order valence-corrected chi connectivity index (χ4v) is 2.09. The number of nitrogens with zero attached hydrogens (tertiary/aromatic N) is 1. The summed E-state index contributed by atoms with van der Waals surface area (Å²) in [7, 11) is 0. The van der Waals surface area contributed by atoms with Crippen molar-refractivity contribution < 1.29 is 0 Å². The van der Waals surface area contributed by atoms with E-state index in [-0.39, 0.29) is 0 Å². The molecule has 1 atom stereocenters. The Hall–Kier alpha value is -0.120. The van der Waals surface area contributed by atoms with Gasteiger partial charge in [-0.15, -0.1) is 0 Å². The van der Waals surface area contributed by atoms with Crippen molar-refractivity contribution in [2.45, 2.75) is 27.7 Å². The van der Waals surface area contributed by atoms with Crippen LogP contribution in [-0.4, -0.2) is 50.7 Å². The SMILES string of the molecule is CC(CNCC(C)(C)C)CN1CCNCC1. The van der Waals surface area contributed by atoms with E-state index in [9.17, 15) is 0 Å². The fourth-order valence-electron chi connectivity index (χ4n) is 2.09. The highest BCUT2D eigenvalue weighted by molar-refractivity contribution is 4.72. The van der Waals surface area contributed by atoms with Gasteiger partial charge in [-0.1, -0.05) is 27.7 Å². The molecule has 1 aliphatic heterocycles. The summed E-state index contributed by atoms with van der Waals surface area (Å²) in [5.41, 5.74) is 0.398. The van der Waals surface area contributed by atoms with E-state index in [1.165, 1.54) is 19.6 Å². The predicted octanol–water partition coefficient (Wildman–Crippen LogP) is 1.16. The molecule has 3 heteroatoms. The third-order valence-corrected chi connectivity index (χ3v) is 2.93. The molecule has 0 saturated carbocycles. The molecule has 0 aromatic carbocycles. The number of hydrogen-bond acceptors (Lipinski definition) is 3. The van der Waals surface area contributed by atoms with Crippen LogP contribution >= 0.6 is 0 Å². The van der Waals surface area contributed by atoms with Crippen molar-refractivity contribution in [1.82, 2.24) is 15.5 Å². The van der Waals surface area contributed by atoms with Crippen molar-refractivity contribution in [2.75, 3.05) is 45.8 Å². The Bertz CT molecular complexity index is 180. The summed E-state index contributed by atoms with van der Waals surface area (Å²) in [6.45, 7) is 17.4. The number of rotatable bonds is 5. The van der Waals surface area contributed by atoms with E-state index in [1.54, 1.807) is 0 Å². The maximum atomic E-state index is 3.57. The highest BCUT2D eigenvalue weighted by Crippen LogP contribution is 2.10. The van der Waals surface area contributed by atoms with Gasteiger partial charge in [0.15, 0.2) is 0 Å². The van der Waals surface area contributed by atoms with E-state index in [4.69, 9.17) is 0 Å². The molecular formula is C13H29N3. The molecule has 1 fully saturated rings. The lowest BCUT2D eigenvalue weighted by atomic mass is 9.97. The van der Waals surface area contributed by atoms with E-state index in [0.29, 0.717) is 5.41 Å². The zero-order chi connectivity index (χ0) is 12.0. The molecule has 0 bridgehead atoms. The van der Waals surface area contributed by atoms with E-state index in [0.717, 1.165) is 32.1 Å². The first-order valence-corrected chi connectivity index (χ1v) is 6.61. The summed E-state index contributed by atoms with van der Waals surface area (Å²) < 4.78 is 0. The van der Waals surface area contributed by atoms with Gasteiger partial charge in [0, 0.05) is 32.7 Å². The van der Waals surface area contributed by atoms with Crippen LogP contribution < -0.4 is 10.6 Å². The second kappa shape index (κ2) is 6.58. The maximum absolute atomic E-state index is 3.57. The van der Waals surface area contributed by atoms with Crippen LogP contribution in [0.1, 0.15) is 27.7 Å². The molecule has 3 nitrogen and oxygen atoms in total. The lowest BCUT2D eigenvalue weighted by Crippen LogP contribution is -2.46. The molecule has 1 heterocycles. The fraction of sp³-hybridized carbons (Fsp3) is 1.00. The largest absolute Gasteiger partial charge is 0.316 e. The third-order valence-electron chi connectivity index (χ3n) is 2.93. The molecule has 0 spiro atoms. The summed E-state index contributed by atoms with van der Waals surface area (Å²) in [4.78, 5) is 2.57. The second-order valence-corrected chi connectivity index (χ2v) is 6.35. The lowest BCUT2D eigenvalue weighted by molar-refractivity contribution is 0.207. The molecule has 0 aliphatic carbocycles. The number of piperazine rings is 1. The Labute approximate surface area is 101 Å². The van der Waals surface area contributed by atoms with Crippen molar-refractivity contribution >= 4 is 0 Å². The Morgan fingerprint density at radius 1 is 1.25 bits per heavy atom. The molecule has 1 unspecified atom stereocenters. The quantitative estimate of drug-likeness (QED) is 0.738. The first-order chi connectivity index (χ1) is 7.47. The minimum Gasteiger partial charge on any atom is -0.316 e. The van der Waals surface area contributed by atoms with Gasteiger partial charge in [-0.25, -0.2) is 0 Å². The van der Waals surface area contributed by atoms with Gasteiger partial charge in [-0.05, 0) is 24.4 Å². The normalized spacial score (nSPS) is 21.0. The number of nitrogens with one attached hydrogen (secondary N) is 2. The first kappa shape index (κ1) is 13.9. The van der Waals surface area contributed by atoms with E-state index in [2.05, 4.69) is 43.2 Å². The average molecular weight is 227 g/mol. The smallest absolute Gasteiger partial charge is 0.0107 e. The molecule has 2 N–H and O–H groups in total. The van der Waals surface area contributed by atoms with Crippen LogP contribution in [0.5, 0.6) is 0 Å². The predicted molar refractivity (Wildman–Crippen MR) is 70.8 cm³/mol. The second-order valence-electron chi connectivity index (χ2n) is 6.35. The van der Waals surface area contributed by atoms with Gasteiger partial charge in [0.1, 0.15) is 0 Å². The van der Waals surface area contributed by atoms with Crippen LogP contribution in [0.3, 0.4) is 0 Å². The molecule has 1 saturated heterocycles. The van der Waals surface area contributed by atoms with Crippen LogP contribution in [0.2, 0.25) is 0 Å². The van der Waals surface area contributed by atoms with E-state index in [1.807, 2.05) is 0 Å². The molecule has 1 rings (SSSR count). The van der Waals surface area contributed by atoms with Crippen molar-refractivity contribution in [3.05, 3.63) is 0 Å². The minimum atomic E-state index is 0.398. The standard InChI is InChI=1S/C13H29N3/c1-12(9-15-11-13(2,3)4)10-16-7-5-14-6-8-16/h12,14-15H,5-11H2,1-4H3. The number of hydrogen-bond donors (Lipinski definition) is 2. The molecule has 0 aromatic heterocycles. The summed E-state index contributed by atoms with van der Waals surface area (Å²) >= 11 is 0. The van der Waals surface area contributed by atoms with Crippen molar-refractivity contribution in [3.63, 3.8) is 0 Å². The van der Waals surface area contributed by atoms with Crippen molar-refractivity contribution in [3.8, 4) is 0 Å². The van der Waals surface area contributed by atoms with Crippen LogP contribution in [0, 0.1) is 11.3 Å². The average Bonchev–Trinajstić information content (AvgIpc) is 2.17. The van der Waals surface area contributed by atoms with Crippen molar-refractivity contribution in [2.24, 2.45) is 11.3 Å². The van der Waals surface area contributed by atoms with E-state index >= 15 is 0 Å². The van der Waals surface area contributed by atoms with Crippen molar-refractivity contribution in [1.29, 1.82) is 0 Å². The first-order valence-electron chi connectivity index (χ1n) is 6.61. The van der Waals surface area contributed by atoms with Crippen LogP contribution in [0.25, 0.3) is 0 Å². The Kier molecular flexibility index (Phi) is 5.73. The van der Waals surface area contributed by atoms with Gasteiger partial charge in [0.2, 0.25) is 0 Å². The van der Waals surface area contributed by atoms with Gasteiger partial charge in [0.25, 0.3) is 0 Å². The Balaban J connectivity index is 2.08. The topological polar surface area (TPSA) is 27.3 Å². The van der Waals surface area contributed by atoms with Gasteiger partial charge in [0.05, 0.1) is 0 Å². The summed E-state index contributed by atoms with van der Waals surface area (Å²) in [5, 5.41) is 6.97. The summed E-state index contributed by atoms with van der Waals surface area (Å²) in [6, 6.07) is 0. The Morgan fingerprint density at radius 2 is 1.88 bits per heavy atom. The van der Waals surface area contributed by atoms with Crippen LogP contribution in [-0.2, 0) is 0 Å². The summed E-state index contributed by atoms with van der Waals surface area (Å²) in [5.74, 6) is 0.750. The Morgan fingerprint density at radius 3 is 2.44 bits per heavy atom. The van der Waals surface area contributed by atoms with E-state index < -0.39 is 0 Å². The van der Waals surface area contributed by atoms with Gasteiger partial charge in [-0.3, -0.25) is 0 Å². The molecular weight excluding hydrogens is 198 g/mol. The van der Waals surface area contributed by atoms with Gasteiger partial charge >= 0.3 is 0 Å². The monoisotopic (exact) mass is 227 g/mol. The third kappa shape index (κ3) is 6.46. The summed E-state index contributed by atoms with van der Waals surface area (Å²) in [6.07, 6.45) is 0. The van der Waals surface area contributed by atoms with Gasteiger partial charge in [-0.2, -0.15) is 0 Å². The minimum absolute atomic E-state index is 0.398. The van der Waals surface area contributed by atoms with Crippen LogP contribution in [0.15, 0.2) is 0 Å². The van der Waals surface area contributed by atoms with Crippen LogP contribution in [0.4, 0.5) is 0 Å². The highest BCUT2D eigenvalue weighted by atomic mass is 15.2. The molecule has 0 radical (unpaired) electrons. The molecule has 16 heavy (non-hydrogen) atoms. The molecule has 0 aromatic rings. The maximum Gasteiger partial charge on any atom is 0.0107 e. The molecule has 96 valence electrons. The molecule has 0 amide bonds. The molecule has 1 aliphatic rings. The zero-order valence-electron chi connectivity index (χ0n) is 11.5.